The highest BCUT2D eigenvalue weighted by molar-refractivity contribution is 9.10. The van der Waals surface area contributed by atoms with Crippen molar-refractivity contribution in [3.63, 3.8) is 0 Å². The normalized spacial score (nSPS) is 11.7. The van der Waals surface area contributed by atoms with E-state index in [9.17, 15) is 0 Å². The topological polar surface area (TPSA) is 43.8 Å². The van der Waals surface area contributed by atoms with Gasteiger partial charge in [0.25, 0.3) is 0 Å². The van der Waals surface area contributed by atoms with Gasteiger partial charge in [-0.25, -0.2) is 0 Å². The van der Waals surface area contributed by atoms with E-state index < -0.39 is 0 Å². The maximum atomic E-state index is 5.52. The number of aromatic nitrogens is 2. The molecule has 1 aromatic rings. The second-order valence-electron chi connectivity index (χ2n) is 3.80. The van der Waals surface area contributed by atoms with Crippen LogP contribution in [0.1, 0.15) is 26.3 Å². The molecule has 0 aliphatic heterocycles. The molecule has 0 amide bonds. The van der Waals surface area contributed by atoms with Crippen LogP contribution in [0.5, 0.6) is 0 Å². The summed E-state index contributed by atoms with van der Waals surface area (Å²) in [4.78, 5) is 0.363. The van der Waals surface area contributed by atoms with Crippen LogP contribution in [-0.2, 0) is 5.54 Å². The molecule has 1 heterocycles. The average Bonchev–Trinajstić information content (AvgIpc) is 2.28. The smallest absolute Gasteiger partial charge is 0.114 e. The van der Waals surface area contributed by atoms with Crippen molar-refractivity contribution in [2.24, 2.45) is 5.73 Å². The van der Waals surface area contributed by atoms with E-state index >= 15 is 0 Å². The van der Waals surface area contributed by atoms with Crippen molar-refractivity contribution < 1.29 is 0 Å². The van der Waals surface area contributed by atoms with Gasteiger partial charge in [0.15, 0.2) is 0 Å². The zero-order valence-electron chi connectivity index (χ0n) is 7.84. The molecule has 0 unspecified atom stereocenters. The Morgan fingerprint density at radius 2 is 2.15 bits per heavy atom. The minimum absolute atomic E-state index is 0.0676. The lowest BCUT2D eigenvalue weighted by molar-refractivity contribution is 0.348. The Morgan fingerprint density at radius 3 is 2.38 bits per heavy atom. The van der Waals surface area contributed by atoms with Crippen LogP contribution in [0.25, 0.3) is 0 Å². The summed E-state index contributed by atoms with van der Waals surface area (Å²) in [6, 6.07) is 0. The molecule has 0 saturated carbocycles. The lowest BCUT2D eigenvalue weighted by Gasteiger charge is -2.20. The van der Waals surface area contributed by atoms with Crippen LogP contribution < -0.4 is 5.73 Å². The second kappa shape index (κ2) is 3.38. The minimum Gasteiger partial charge on any atom is -0.389 e. The van der Waals surface area contributed by atoms with Crippen molar-refractivity contribution in [1.29, 1.82) is 0 Å². The van der Waals surface area contributed by atoms with Gasteiger partial charge in [-0.05, 0) is 36.7 Å². The zero-order valence-corrected chi connectivity index (χ0v) is 10.2. The molecule has 2 N–H and O–H groups in total. The van der Waals surface area contributed by atoms with Gasteiger partial charge in [0, 0.05) is 0 Å². The lowest BCUT2D eigenvalue weighted by atomic mass is 10.1. The maximum absolute atomic E-state index is 5.52. The predicted molar refractivity (Wildman–Crippen MR) is 60.8 cm³/mol. The van der Waals surface area contributed by atoms with Gasteiger partial charge in [0.1, 0.15) is 9.59 Å². The van der Waals surface area contributed by atoms with E-state index in [1.54, 1.807) is 6.20 Å². The SMILES string of the molecule is CC(C)(C)n1ncc(C(N)=S)c1Br. The van der Waals surface area contributed by atoms with E-state index in [1.165, 1.54) is 0 Å². The van der Waals surface area contributed by atoms with Gasteiger partial charge >= 0.3 is 0 Å². The third-order valence-electron chi connectivity index (χ3n) is 1.61. The molecular weight excluding hydrogens is 250 g/mol. The number of hydrogen-bond donors (Lipinski definition) is 1. The summed E-state index contributed by atoms with van der Waals surface area (Å²) in [5, 5.41) is 4.21. The fourth-order valence-corrected chi connectivity index (χ4v) is 2.19. The Bertz CT molecular complexity index is 338. The first-order valence-corrected chi connectivity index (χ1v) is 5.08. The summed E-state index contributed by atoms with van der Waals surface area (Å²) in [5.74, 6) is 0. The number of halogens is 1. The van der Waals surface area contributed by atoms with Crippen LogP contribution in [0.3, 0.4) is 0 Å². The van der Waals surface area contributed by atoms with Crippen LogP contribution in [0.2, 0.25) is 0 Å². The molecular formula is C8H12BrN3S. The van der Waals surface area contributed by atoms with E-state index in [0.717, 1.165) is 10.2 Å². The molecule has 72 valence electrons. The third kappa shape index (κ3) is 2.08. The largest absolute Gasteiger partial charge is 0.389 e. The molecule has 5 heteroatoms. The van der Waals surface area contributed by atoms with Gasteiger partial charge in [0.2, 0.25) is 0 Å². The first-order valence-electron chi connectivity index (χ1n) is 3.88. The summed E-state index contributed by atoms with van der Waals surface area (Å²) in [7, 11) is 0. The molecule has 1 rings (SSSR count). The lowest BCUT2D eigenvalue weighted by Crippen LogP contribution is -2.23. The fourth-order valence-electron chi connectivity index (χ4n) is 0.966. The van der Waals surface area contributed by atoms with Crippen LogP contribution >= 0.6 is 28.1 Å². The molecule has 0 aromatic carbocycles. The molecule has 0 atom stereocenters. The molecule has 0 fully saturated rings. The molecule has 1 aromatic heterocycles. The Hall–Kier alpha value is -0.420. The van der Waals surface area contributed by atoms with Crippen molar-refractivity contribution in [3.8, 4) is 0 Å². The van der Waals surface area contributed by atoms with E-state index in [0.29, 0.717) is 4.99 Å². The molecule has 0 spiro atoms. The molecule has 0 radical (unpaired) electrons. The van der Waals surface area contributed by atoms with Crippen molar-refractivity contribution in [3.05, 3.63) is 16.4 Å². The van der Waals surface area contributed by atoms with Crippen molar-refractivity contribution in [1.82, 2.24) is 9.78 Å². The second-order valence-corrected chi connectivity index (χ2v) is 4.99. The maximum Gasteiger partial charge on any atom is 0.114 e. The molecule has 0 aliphatic rings. The highest BCUT2D eigenvalue weighted by atomic mass is 79.9. The van der Waals surface area contributed by atoms with E-state index in [2.05, 4.69) is 41.8 Å². The molecule has 13 heavy (non-hydrogen) atoms. The summed E-state index contributed by atoms with van der Waals surface area (Å²) in [5.41, 5.74) is 6.23. The number of nitrogens with two attached hydrogens (primary N) is 1. The third-order valence-corrected chi connectivity index (χ3v) is 2.59. The van der Waals surface area contributed by atoms with Crippen LogP contribution in [0.4, 0.5) is 0 Å². The number of rotatable bonds is 1. The van der Waals surface area contributed by atoms with Crippen LogP contribution in [-0.4, -0.2) is 14.8 Å². The summed E-state index contributed by atoms with van der Waals surface area (Å²) in [6.07, 6.45) is 1.68. The van der Waals surface area contributed by atoms with E-state index in [4.69, 9.17) is 18.0 Å². The Kier molecular flexibility index (Phi) is 2.77. The molecule has 0 bridgehead atoms. The summed E-state index contributed by atoms with van der Waals surface area (Å²) >= 11 is 8.30. The fraction of sp³-hybridized carbons (Fsp3) is 0.500. The number of thiocarbonyl (C=S) groups is 1. The van der Waals surface area contributed by atoms with E-state index in [-0.39, 0.29) is 5.54 Å². The van der Waals surface area contributed by atoms with Crippen molar-refractivity contribution in [2.75, 3.05) is 0 Å². The summed E-state index contributed by atoms with van der Waals surface area (Å²) < 4.78 is 2.69. The van der Waals surface area contributed by atoms with Gasteiger partial charge < -0.3 is 5.73 Å². The molecule has 0 aliphatic carbocycles. The quantitative estimate of drug-likeness (QED) is 0.787. The minimum atomic E-state index is -0.0676. The van der Waals surface area contributed by atoms with Gasteiger partial charge in [-0.3, -0.25) is 4.68 Å². The van der Waals surface area contributed by atoms with Crippen molar-refractivity contribution >= 4 is 33.1 Å². The van der Waals surface area contributed by atoms with Gasteiger partial charge in [0.05, 0.1) is 17.3 Å². The van der Waals surface area contributed by atoms with Crippen molar-refractivity contribution in [2.45, 2.75) is 26.3 Å². The van der Waals surface area contributed by atoms with Gasteiger partial charge in [-0.15, -0.1) is 0 Å². The zero-order chi connectivity index (χ0) is 10.2. The molecule has 0 saturated heterocycles. The highest BCUT2D eigenvalue weighted by Gasteiger charge is 2.19. The monoisotopic (exact) mass is 261 g/mol. The molecule has 3 nitrogen and oxygen atoms in total. The average molecular weight is 262 g/mol. The Morgan fingerprint density at radius 1 is 1.62 bits per heavy atom. The van der Waals surface area contributed by atoms with Crippen LogP contribution in [0, 0.1) is 0 Å². The summed E-state index contributed by atoms with van der Waals surface area (Å²) in [6.45, 7) is 6.19. The number of nitrogens with zero attached hydrogens (tertiary/aromatic N) is 2. The first-order chi connectivity index (χ1) is 5.84. The van der Waals surface area contributed by atoms with Gasteiger partial charge in [-0.2, -0.15) is 5.10 Å². The van der Waals surface area contributed by atoms with E-state index in [1.807, 2.05) is 4.68 Å². The standard InChI is InChI=1S/C8H12BrN3S/c1-8(2,3)12-6(9)5(4-11-12)7(10)13/h4H,1-3H3,(H2,10,13). The highest BCUT2D eigenvalue weighted by Crippen LogP contribution is 2.23. The van der Waals surface area contributed by atoms with Crippen LogP contribution in [0.15, 0.2) is 10.8 Å². The first kappa shape index (κ1) is 10.7. The Labute approximate surface area is 91.4 Å². The van der Waals surface area contributed by atoms with Gasteiger partial charge in [-0.1, -0.05) is 12.2 Å². The number of hydrogen-bond acceptors (Lipinski definition) is 2. The Balaban J connectivity index is 3.22. The predicted octanol–water partition coefficient (Wildman–Crippen LogP) is 2.03.